The van der Waals surface area contributed by atoms with Gasteiger partial charge in [-0.25, -0.2) is 0 Å². The molecule has 0 saturated carbocycles. The summed E-state index contributed by atoms with van der Waals surface area (Å²) in [7, 11) is 1.87. The summed E-state index contributed by atoms with van der Waals surface area (Å²) in [5.41, 5.74) is 6.19. The fraction of sp³-hybridized carbons (Fsp3) is 0.308. The molecule has 1 aromatic carbocycles. The molecule has 0 aliphatic rings. The van der Waals surface area contributed by atoms with E-state index in [1.54, 1.807) is 17.8 Å². The Morgan fingerprint density at radius 1 is 1.33 bits per heavy atom. The van der Waals surface area contributed by atoms with Crippen molar-refractivity contribution in [1.82, 2.24) is 14.8 Å². The molecule has 0 unspecified atom stereocenters. The second kappa shape index (κ2) is 7.15. The van der Waals surface area contributed by atoms with Gasteiger partial charge in [0.2, 0.25) is 5.91 Å². The Morgan fingerprint density at radius 2 is 2.10 bits per heavy atom. The maximum atomic E-state index is 10.8. The Balaban J connectivity index is 2.00. The largest absolute Gasteiger partial charge is 0.370 e. The number of amides is 1. The Hall–Kier alpha value is -1.24. The van der Waals surface area contributed by atoms with Crippen LogP contribution in [0.5, 0.6) is 0 Å². The summed E-state index contributed by atoms with van der Waals surface area (Å²) in [5.74, 6) is 1.10. The Labute approximate surface area is 136 Å². The van der Waals surface area contributed by atoms with Crippen molar-refractivity contribution in [2.45, 2.75) is 23.8 Å². The van der Waals surface area contributed by atoms with Crippen molar-refractivity contribution in [2.24, 2.45) is 12.8 Å². The highest BCUT2D eigenvalue weighted by atomic mass is 35.5. The molecule has 0 radical (unpaired) electrons. The van der Waals surface area contributed by atoms with E-state index in [-0.39, 0.29) is 12.3 Å². The third-order valence-electron chi connectivity index (χ3n) is 2.87. The molecule has 8 heteroatoms. The summed E-state index contributed by atoms with van der Waals surface area (Å²) in [4.78, 5) is 10.8. The monoisotopic (exact) mass is 344 g/mol. The molecule has 0 aliphatic carbocycles. The zero-order valence-corrected chi connectivity index (χ0v) is 13.7. The molecule has 2 N–H and O–H groups in total. The Morgan fingerprint density at radius 3 is 2.76 bits per heavy atom. The minimum Gasteiger partial charge on any atom is -0.370 e. The van der Waals surface area contributed by atoms with Gasteiger partial charge in [-0.2, -0.15) is 0 Å². The van der Waals surface area contributed by atoms with Crippen molar-refractivity contribution in [3.8, 4) is 0 Å². The molecule has 0 saturated heterocycles. The summed E-state index contributed by atoms with van der Waals surface area (Å²) in [5, 5.41) is 10.0. The van der Waals surface area contributed by atoms with E-state index in [9.17, 15) is 4.79 Å². The molecule has 0 bridgehead atoms. The van der Waals surface area contributed by atoms with Crippen LogP contribution in [0.15, 0.2) is 23.4 Å². The lowest BCUT2D eigenvalue weighted by atomic mass is 10.2. The van der Waals surface area contributed by atoms with E-state index in [0.29, 0.717) is 22.2 Å². The van der Waals surface area contributed by atoms with E-state index in [1.807, 2.05) is 23.7 Å². The molecule has 0 aliphatic heterocycles. The van der Waals surface area contributed by atoms with Crippen LogP contribution in [0.3, 0.4) is 0 Å². The van der Waals surface area contributed by atoms with Gasteiger partial charge < -0.3 is 10.3 Å². The van der Waals surface area contributed by atoms with E-state index in [0.717, 1.165) is 16.5 Å². The molecule has 0 atom stereocenters. The minimum absolute atomic E-state index is 0.267. The number of nitrogens with two attached hydrogens (primary N) is 1. The number of halogens is 2. The number of hydrogen-bond acceptors (Lipinski definition) is 4. The Kier molecular flexibility index (Phi) is 5.50. The number of carbonyl (C=O) groups is 1. The van der Waals surface area contributed by atoms with E-state index in [2.05, 4.69) is 10.2 Å². The number of hydrogen-bond donors (Lipinski definition) is 1. The molecule has 0 spiro atoms. The van der Waals surface area contributed by atoms with Gasteiger partial charge in [-0.05, 0) is 17.7 Å². The van der Waals surface area contributed by atoms with Gasteiger partial charge in [0, 0.05) is 25.6 Å². The van der Waals surface area contributed by atoms with Crippen LogP contribution in [0, 0.1) is 0 Å². The summed E-state index contributed by atoms with van der Waals surface area (Å²) < 4.78 is 1.87. The second-order valence-electron chi connectivity index (χ2n) is 4.46. The van der Waals surface area contributed by atoms with Gasteiger partial charge in [0.1, 0.15) is 5.82 Å². The first-order chi connectivity index (χ1) is 9.97. The average molecular weight is 345 g/mol. The van der Waals surface area contributed by atoms with Gasteiger partial charge in [-0.15, -0.1) is 10.2 Å². The standard InChI is InChI=1S/C13H14Cl2N4OS/c1-19-12(5-4-11(16)20)17-18-13(19)21-7-8-2-3-9(14)10(15)6-8/h2-3,6H,4-5,7H2,1H3,(H2,16,20). The van der Waals surface area contributed by atoms with E-state index < -0.39 is 0 Å². The minimum atomic E-state index is -0.344. The Bertz CT molecular complexity index is 660. The van der Waals surface area contributed by atoms with Crippen molar-refractivity contribution >= 4 is 40.9 Å². The first kappa shape index (κ1) is 16.1. The first-order valence-corrected chi connectivity index (χ1v) is 7.95. The molecule has 1 aromatic heterocycles. The van der Waals surface area contributed by atoms with E-state index in [4.69, 9.17) is 28.9 Å². The predicted molar refractivity (Wildman–Crippen MR) is 84.5 cm³/mol. The van der Waals surface area contributed by atoms with Gasteiger partial charge in [-0.1, -0.05) is 41.0 Å². The maximum Gasteiger partial charge on any atom is 0.217 e. The highest BCUT2D eigenvalue weighted by Gasteiger charge is 2.10. The van der Waals surface area contributed by atoms with Crippen molar-refractivity contribution in [1.29, 1.82) is 0 Å². The molecule has 1 amide bonds. The van der Waals surface area contributed by atoms with Crippen LogP contribution in [0.2, 0.25) is 10.0 Å². The molecular formula is C13H14Cl2N4OS. The topological polar surface area (TPSA) is 73.8 Å². The van der Waals surface area contributed by atoms with Gasteiger partial charge >= 0.3 is 0 Å². The smallest absolute Gasteiger partial charge is 0.217 e. The SMILES string of the molecule is Cn1c(CCC(N)=O)nnc1SCc1ccc(Cl)c(Cl)c1. The lowest BCUT2D eigenvalue weighted by Gasteiger charge is -2.04. The molecule has 21 heavy (non-hydrogen) atoms. The molecule has 5 nitrogen and oxygen atoms in total. The molecule has 112 valence electrons. The van der Waals surface area contributed by atoms with Crippen molar-refractivity contribution < 1.29 is 4.79 Å². The van der Waals surface area contributed by atoms with Crippen molar-refractivity contribution in [2.75, 3.05) is 0 Å². The zero-order valence-electron chi connectivity index (χ0n) is 11.3. The van der Waals surface area contributed by atoms with Crippen LogP contribution in [0.1, 0.15) is 17.8 Å². The number of primary amides is 1. The first-order valence-electron chi connectivity index (χ1n) is 6.20. The molecule has 1 heterocycles. The predicted octanol–water partition coefficient (Wildman–Crippen LogP) is 2.83. The third kappa shape index (κ3) is 4.36. The lowest BCUT2D eigenvalue weighted by molar-refractivity contribution is -0.118. The van der Waals surface area contributed by atoms with Crippen LogP contribution in [0.25, 0.3) is 0 Å². The number of thioether (sulfide) groups is 1. The van der Waals surface area contributed by atoms with Gasteiger partial charge in [0.15, 0.2) is 5.16 Å². The molecule has 2 aromatic rings. The second-order valence-corrected chi connectivity index (χ2v) is 6.22. The van der Waals surface area contributed by atoms with Crippen LogP contribution < -0.4 is 5.73 Å². The fourth-order valence-electron chi connectivity index (χ4n) is 1.70. The molecular weight excluding hydrogens is 331 g/mol. The number of aryl methyl sites for hydroxylation is 1. The van der Waals surface area contributed by atoms with Crippen LogP contribution in [-0.4, -0.2) is 20.7 Å². The third-order valence-corrected chi connectivity index (χ3v) is 4.70. The van der Waals surface area contributed by atoms with Gasteiger partial charge in [0.25, 0.3) is 0 Å². The zero-order chi connectivity index (χ0) is 15.4. The van der Waals surface area contributed by atoms with Crippen LogP contribution >= 0.6 is 35.0 Å². The number of carbonyl (C=O) groups excluding carboxylic acids is 1. The number of aromatic nitrogens is 3. The van der Waals surface area contributed by atoms with Gasteiger partial charge in [-0.3, -0.25) is 4.79 Å². The maximum absolute atomic E-state index is 10.8. The lowest BCUT2D eigenvalue weighted by Crippen LogP contribution is -2.12. The summed E-state index contributed by atoms with van der Waals surface area (Å²) in [6.45, 7) is 0. The number of benzene rings is 1. The van der Waals surface area contributed by atoms with Crippen molar-refractivity contribution in [3.05, 3.63) is 39.6 Å². The molecule has 0 fully saturated rings. The average Bonchev–Trinajstić information content (AvgIpc) is 2.78. The number of nitrogens with zero attached hydrogens (tertiary/aromatic N) is 3. The van der Waals surface area contributed by atoms with Crippen LogP contribution in [-0.2, 0) is 24.0 Å². The highest BCUT2D eigenvalue weighted by Crippen LogP contribution is 2.27. The summed E-state index contributed by atoms with van der Waals surface area (Å²) >= 11 is 13.4. The summed E-state index contributed by atoms with van der Waals surface area (Å²) in [6.07, 6.45) is 0.760. The van der Waals surface area contributed by atoms with E-state index >= 15 is 0 Å². The number of rotatable bonds is 6. The fourth-order valence-corrected chi connectivity index (χ4v) is 2.89. The van der Waals surface area contributed by atoms with Crippen molar-refractivity contribution in [3.63, 3.8) is 0 Å². The van der Waals surface area contributed by atoms with E-state index in [1.165, 1.54) is 0 Å². The van der Waals surface area contributed by atoms with Crippen LogP contribution in [0.4, 0.5) is 0 Å². The summed E-state index contributed by atoms with van der Waals surface area (Å²) in [6, 6.07) is 5.53. The van der Waals surface area contributed by atoms with Gasteiger partial charge in [0.05, 0.1) is 10.0 Å². The highest BCUT2D eigenvalue weighted by molar-refractivity contribution is 7.98. The quantitative estimate of drug-likeness (QED) is 0.817. The molecule has 2 rings (SSSR count). The normalized spacial score (nSPS) is 10.8.